The van der Waals surface area contributed by atoms with Crippen molar-refractivity contribution in [3.05, 3.63) is 24.3 Å². The highest BCUT2D eigenvalue weighted by atomic mass is 16.6. The third-order valence-electron chi connectivity index (χ3n) is 4.59. The lowest BCUT2D eigenvalue weighted by molar-refractivity contribution is 0.0353. The first-order chi connectivity index (χ1) is 11.1. The van der Waals surface area contributed by atoms with Crippen LogP contribution in [0.1, 0.15) is 24.0 Å². The van der Waals surface area contributed by atoms with Crippen LogP contribution in [0.25, 0.3) is 5.78 Å². The Labute approximate surface area is 131 Å². The van der Waals surface area contributed by atoms with Gasteiger partial charge in [-0.05, 0) is 12.5 Å². The van der Waals surface area contributed by atoms with Crippen LogP contribution in [-0.4, -0.2) is 73.2 Å². The van der Waals surface area contributed by atoms with E-state index < -0.39 is 5.54 Å². The van der Waals surface area contributed by atoms with E-state index in [-0.39, 0.29) is 17.8 Å². The van der Waals surface area contributed by atoms with Crippen molar-refractivity contribution in [2.75, 3.05) is 26.2 Å². The summed E-state index contributed by atoms with van der Waals surface area (Å²) in [4.78, 5) is 36.2. The molecule has 0 aromatic carbocycles. The van der Waals surface area contributed by atoms with Crippen LogP contribution in [-0.2, 0) is 4.74 Å². The molecule has 9 nitrogen and oxygen atoms in total. The van der Waals surface area contributed by atoms with Gasteiger partial charge < -0.3 is 9.64 Å². The number of hydrogen-bond acceptors (Lipinski definition) is 6. The van der Waals surface area contributed by atoms with Gasteiger partial charge in [0.05, 0.1) is 5.54 Å². The molecule has 9 heteroatoms. The number of rotatable bonds is 2. The summed E-state index contributed by atoms with van der Waals surface area (Å²) in [6.45, 7) is 3.64. The van der Waals surface area contributed by atoms with E-state index in [0.717, 1.165) is 6.42 Å². The van der Waals surface area contributed by atoms with Gasteiger partial charge in [-0.3, -0.25) is 9.69 Å². The molecule has 4 heterocycles. The maximum atomic E-state index is 12.7. The first-order valence-corrected chi connectivity index (χ1v) is 7.54. The van der Waals surface area contributed by atoms with Gasteiger partial charge in [-0.2, -0.15) is 4.98 Å². The highest BCUT2D eigenvalue weighted by molar-refractivity contribution is 5.91. The highest BCUT2D eigenvalue weighted by Crippen LogP contribution is 2.32. The lowest BCUT2D eigenvalue weighted by Crippen LogP contribution is -2.62. The third kappa shape index (κ3) is 2.03. The van der Waals surface area contributed by atoms with Crippen LogP contribution in [0.4, 0.5) is 4.79 Å². The van der Waals surface area contributed by atoms with E-state index in [1.54, 1.807) is 28.3 Å². The number of cyclic esters (lactones) is 1. The van der Waals surface area contributed by atoms with Gasteiger partial charge in [0.1, 0.15) is 6.61 Å². The quantitative estimate of drug-likeness (QED) is 0.785. The molecular weight excluding hydrogens is 300 g/mol. The van der Waals surface area contributed by atoms with Gasteiger partial charge in [-0.1, -0.05) is 6.92 Å². The number of carbonyl (C=O) groups excluding carboxylic acids is 2. The van der Waals surface area contributed by atoms with E-state index in [2.05, 4.69) is 15.1 Å². The molecule has 23 heavy (non-hydrogen) atoms. The molecule has 2 aromatic heterocycles. The average Bonchev–Trinajstić information content (AvgIpc) is 3.16. The van der Waals surface area contributed by atoms with Crippen molar-refractivity contribution < 1.29 is 14.3 Å². The van der Waals surface area contributed by atoms with Gasteiger partial charge in [0, 0.05) is 32.0 Å². The minimum Gasteiger partial charge on any atom is -0.447 e. The maximum Gasteiger partial charge on any atom is 0.410 e. The smallest absolute Gasteiger partial charge is 0.410 e. The molecule has 0 aliphatic carbocycles. The molecule has 1 unspecified atom stereocenters. The summed E-state index contributed by atoms with van der Waals surface area (Å²) in [6.07, 6.45) is 3.72. The number of nitrogens with zero attached hydrogens (tertiary/aromatic N) is 6. The Morgan fingerprint density at radius 1 is 1.43 bits per heavy atom. The molecule has 120 valence electrons. The number of ether oxygens (including phenoxy) is 1. The minimum atomic E-state index is -0.442. The summed E-state index contributed by atoms with van der Waals surface area (Å²) in [5, 5.41) is 4.18. The third-order valence-corrected chi connectivity index (χ3v) is 4.59. The van der Waals surface area contributed by atoms with Crippen LogP contribution in [0.5, 0.6) is 0 Å². The molecule has 2 saturated heterocycles. The number of carbonyl (C=O) groups is 2. The molecule has 2 fully saturated rings. The van der Waals surface area contributed by atoms with Crippen LogP contribution in [0.2, 0.25) is 0 Å². The molecule has 0 N–H and O–H groups in total. The van der Waals surface area contributed by atoms with Crippen molar-refractivity contribution in [2.45, 2.75) is 18.9 Å². The topological polar surface area (TPSA) is 92.9 Å². The van der Waals surface area contributed by atoms with Gasteiger partial charge in [-0.25, -0.2) is 14.3 Å². The van der Waals surface area contributed by atoms with E-state index >= 15 is 0 Å². The van der Waals surface area contributed by atoms with Crippen molar-refractivity contribution >= 4 is 17.8 Å². The van der Waals surface area contributed by atoms with Gasteiger partial charge in [0.25, 0.3) is 11.7 Å². The summed E-state index contributed by atoms with van der Waals surface area (Å²) in [7, 11) is 0. The summed E-state index contributed by atoms with van der Waals surface area (Å²) in [6, 6.07) is 1.72. The van der Waals surface area contributed by atoms with E-state index in [0.29, 0.717) is 32.0 Å². The first kappa shape index (κ1) is 13.9. The zero-order valence-electron chi connectivity index (χ0n) is 12.7. The largest absolute Gasteiger partial charge is 0.447 e. The summed E-state index contributed by atoms with van der Waals surface area (Å²) >= 11 is 0. The van der Waals surface area contributed by atoms with Gasteiger partial charge in [-0.15, -0.1) is 5.10 Å². The lowest BCUT2D eigenvalue weighted by atomic mass is 9.93. The lowest BCUT2D eigenvalue weighted by Gasteiger charge is -2.43. The molecule has 0 saturated carbocycles. The Morgan fingerprint density at radius 2 is 2.30 bits per heavy atom. The van der Waals surface area contributed by atoms with Crippen molar-refractivity contribution in [3.63, 3.8) is 0 Å². The van der Waals surface area contributed by atoms with E-state index in [9.17, 15) is 9.59 Å². The standard InChI is InChI=1S/C14H16N6O3/c1-2-14-8-18(6-7-19(14)13(22)23-9-14)11(21)10-16-12-15-4-3-5-20(12)17-10/h3-5H,2,6-9H2,1H3. The molecule has 0 radical (unpaired) electrons. The van der Waals surface area contributed by atoms with E-state index in [4.69, 9.17) is 4.74 Å². The van der Waals surface area contributed by atoms with Crippen molar-refractivity contribution in [3.8, 4) is 0 Å². The Bertz CT molecular complexity index is 757. The van der Waals surface area contributed by atoms with E-state index in [1.807, 2.05) is 6.92 Å². The second-order valence-corrected chi connectivity index (χ2v) is 5.81. The Hall–Kier alpha value is -2.71. The predicted molar refractivity (Wildman–Crippen MR) is 77.8 cm³/mol. The molecule has 1 atom stereocenters. The molecule has 0 spiro atoms. The Morgan fingerprint density at radius 3 is 3.09 bits per heavy atom. The fourth-order valence-corrected chi connectivity index (χ4v) is 3.20. The van der Waals surface area contributed by atoms with Crippen LogP contribution in [0.3, 0.4) is 0 Å². The van der Waals surface area contributed by atoms with Crippen LogP contribution < -0.4 is 0 Å². The Kier molecular flexibility index (Phi) is 2.97. The average molecular weight is 316 g/mol. The van der Waals surface area contributed by atoms with Gasteiger partial charge in [0.2, 0.25) is 5.82 Å². The second-order valence-electron chi connectivity index (χ2n) is 5.81. The number of amides is 2. The molecule has 2 aliphatic heterocycles. The molecule has 2 amide bonds. The molecular formula is C14H16N6O3. The van der Waals surface area contributed by atoms with Crippen molar-refractivity contribution in [1.29, 1.82) is 0 Å². The zero-order chi connectivity index (χ0) is 16.0. The fraction of sp³-hybridized carbons (Fsp3) is 0.500. The highest BCUT2D eigenvalue weighted by Gasteiger charge is 2.50. The van der Waals surface area contributed by atoms with Crippen molar-refractivity contribution in [2.24, 2.45) is 0 Å². The summed E-state index contributed by atoms with van der Waals surface area (Å²) in [5.41, 5.74) is -0.442. The predicted octanol–water partition coefficient (Wildman–Crippen LogP) is 0.181. The first-order valence-electron chi connectivity index (χ1n) is 7.54. The Balaban J connectivity index is 1.61. The van der Waals surface area contributed by atoms with Crippen LogP contribution in [0, 0.1) is 0 Å². The molecule has 4 rings (SSSR count). The monoisotopic (exact) mass is 316 g/mol. The number of hydrogen-bond donors (Lipinski definition) is 0. The van der Waals surface area contributed by atoms with Crippen molar-refractivity contribution in [1.82, 2.24) is 29.4 Å². The number of piperazine rings is 1. The molecule has 2 aromatic rings. The number of aromatic nitrogens is 4. The van der Waals surface area contributed by atoms with E-state index in [1.165, 1.54) is 4.52 Å². The summed E-state index contributed by atoms with van der Waals surface area (Å²) in [5.74, 6) is 0.259. The fourth-order valence-electron chi connectivity index (χ4n) is 3.20. The van der Waals surface area contributed by atoms with Gasteiger partial charge in [0.15, 0.2) is 0 Å². The minimum absolute atomic E-state index is 0.119. The van der Waals surface area contributed by atoms with Crippen LogP contribution in [0.15, 0.2) is 18.5 Å². The SMILES string of the molecule is CCC12COC(=O)N1CCN(C(=O)c1nc3ncccn3n1)C2. The zero-order valence-corrected chi connectivity index (χ0v) is 12.7. The summed E-state index contributed by atoms with van der Waals surface area (Å²) < 4.78 is 6.65. The maximum absolute atomic E-state index is 12.7. The number of fused-ring (bicyclic) bond motifs is 2. The van der Waals surface area contributed by atoms with Gasteiger partial charge >= 0.3 is 6.09 Å². The molecule has 2 aliphatic rings. The second kappa shape index (κ2) is 4.90. The normalized spacial score (nSPS) is 24.0. The van der Waals surface area contributed by atoms with Crippen LogP contribution >= 0.6 is 0 Å². The molecule has 0 bridgehead atoms.